The van der Waals surface area contributed by atoms with Crippen molar-refractivity contribution in [2.75, 3.05) is 51.5 Å². The fourth-order valence-electron chi connectivity index (χ4n) is 5.20. The van der Waals surface area contributed by atoms with Crippen molar-refractivity contribution in [2.45, 2.75) is 75.9 Å². The molecular formula is C35H55N9O7. The van der Waals surface area contributed by atoms with Crippen LogP contribution in [0.3, 0.4) is 0 Å². The van der Waals surface area contributed by atoms with Crippen molar-refractivity contribution in [3.8, 4) is 11.5 Å². The highest BCUT2D eigenvalue weighted by Gasteiger charge is 2.26. The van der Waals surface area contributed by atoms with E-state index in [1.165, 1.54) is 45.5 Å². The summed E-state index contributed by atoms with van der Waals surface area (Å²) < 4.78 is 10.8. The Morgan fingerprint density at radius 3 is 1.43 bits per heavy atom. The Morgan fingerprint density at radius 1 is 0.608 bits per heavy atom. The maximum atomic E-state index is 13.6. The molecule has 51 heavy (non-hydrogen) atoms. The highest BCUT2D eigenvalue weighted by Crippen LogP contribution is 2.25. The first-order chi connectivity index (χ1) is 24.5. The largest absolute Gasteiger partial charge is 0.496 e. The first kappa shape index (κ1) is 42.4. The van der Waals surface area contributed by atoms with E-state index < -0.39 is 41.8 Å². The number of likely N-dealkylation sites (N-methyl/N-ethyl adjacent to an activating group) is 1. The van der Waals surface area contributed by atoms with Crippen molar-refractivity contribution in [1.29, 1.82) is 0 Å². The number of methoxy groups -OCH3 is 2. The minimum atomic E-state index is -1.01. The van der Waals surface area contributed by atoms with E-state index in [0.29, 0.717) is 70.3 Å². The van der Waals surface area contributed by atoms with Gasteiger partial charge < -0.3 is 59.0 Å². The Bertz CT molecular complexity index is 1460. The summed E-state index contributed by atoms with van der Waals surface area (Å²) >= 11 is 0. The van der Waals surface area contributed by atoms with E-state index in [1.807, 2.05) is 0 Å². The number of carbonyl (C=O) groups excluding carboxylic acids is 5. The molecular weight excluding hydrogens is 658 g/mol. The van der Waals surface area contributed by atoms with Crippen LogP contribution in [0.1, 0.15) is 78.5 Å². The SMILES string of the molecule is CNC(=O)[C@H](CCCCN)NC(=O)c1cc(NC(=O)[C@H](CCCCN)NC(=O)c2cc(NC(=O)[C@@H](N)CCCCN)ccc2OC)ccc1OC. The Balaban J connectivity index is 2.29. The third kappa shape index (κ3) is 13.8. The zero-order valence-electron chi connectivity index (χ0n) is 29.8. The molecule has 2 aromatic rings. The van der Waals surface area contributed by atoms with Gasteiger partial charge in [0.25, 0.3) is 11.8 Å². The number of ether oxygens (including phenoxy) is 2. The van der Waals surface area contributed by atoms with Gasteiger partial charge in [-0.25, -0.2) is 0 Å². The van der Waals surface area contributed by atoms with Crippen LogP contribution in [0.4, 0.5) is 11.4 Å². The Kier molecular flexibility index (Phi) is 19.0. The molecule has 0 aromatic heterocycles. The van der Waals surface area contributed by atoms with Crippen LogP contribution >= 0.6 is 0 Å². The van der Waals surface area contributed by atoms with E-state index in [-0.39, 0.29) is 40.6 Å². The number of rotatable bonds is 23. The molecule has 0 aliphatic heterocycles. The predicted molar refractivity (Wildman–Crippen MR) is 197 cm³/mol. The van der Waals surface area contributed by atoms with Gasteiger partial charge in [-0.2, -0.15) is 0 Å². The summed E-state index contributed by atoms with van der Waals surface area (Å²) in [5, 5.41) is 13.6. The lowest BCUT2D eigenvalue weighted by Gasteiger charge is -2.21. The molecule has 0 radical (unpaired) electrons. The molecule has 0 bridgehead atoms. The zero-order valence-corrected chi connectivity index (χ0v) is 29.8. The van der Waals surface area contributed by atoms with Gasteiger partial charge >= 0.3 is 0 Å². The molecule has 0 aliphatic carbocycles. The third-order valence-electron chi connectivity index (χ3n) is 8.11. The summed E-state index contributed by atoms with van der Waals surface area (Å²) in [6.07, 6.45) is 5.01. The molecule has 0 saturated carbocycles. The van der Waals surface area contributed by atoms with Crippen LogP contribution in [-0.4, -0.2) is 88.6 Å². The molecule has 282 valence electrons. The molecule has 2 rings (SSSR count). The molecule has 0 fully saturated rings. The van der Waals surface area contributed by atoms with Gasteiger partial charge in [-0.3, -0.25) is 24.0 Å². The highest BCUT2D eigenvalue weighted by atomic mass is 16.5. The van der Waals surface area contributed by atoms with Crippen molar-refractivity contribution in [3.63, 3.8) is 0 Å². The van der Waals surface area contributed by atoms with Gasteiger partial charge in [-0.15, -0.1) is 0 Å². The molecule has 5 amide bonds. The second-order valence-electron chi connectivity index (χ2n) is 11.9. The normalized spacial score (nSPS) is 12.5. The van der Waals surface area contributed by atoms with Crippen LogP contribution in [-0.2, 0) is 14.4 Å². The van der Waals surface area contributed by atoms with Crippen molar-refractivity contribution in [1.82, 2.24) is 16.0 Å². The van der Waals surface area contributed by atoms with E-state index in [0.717, 1.165) is 6.42 Å². The van der Waals surface area contributed by atoms with Gasteiger partial charge in [0.1, 0.15) is 23.6 Å². The maximum Gasteiger partial charge on any atom is 0.255 e. The summed E-state index contributed by atoms with van der Waals surface area (Å²) in [4.78, 5) is 65.8. The van der Waals surface area contributed by atoms with Crippen LogP contribution in [0, 0.1) is 0 Å². The van der Waals surface area contributed by atoms with Gasteiger partial charge in [-0.1, -0.05) is 6.42 Å². The van der Waals surface area contributed by atoms with Crippen LogP contribution in [0.15, 0.2) is 36.4 Å². The van der Waals surface area contributed by atoms with Crippen LogP contribution in [0.2, 0.25) is 0 Å². The maximum absolute atomic E-state index is 13.6. The summed E-state index contributed by atoms with van der Waals surface area (Å²) in [5.74, 6) is -2.05. The highest BCUT2D eigenvalue weighted by molar-refractivity contribution is 6.05. The number of nitrogens with one attached hydrogen (secondary N) is 5. The lowest BCUT2D eigenvalue weighted by Crippen LogP contribution is -2.45. The minimum Gasteiger partial charge on any atom is -0.496 e. The number of benzene rings is 2. The summed E-state index contributed by atoms with van der Waals surface area (Å²) in [6.45, 7) is 1.36. The van der Waals surface area contributed by atoms with Crippen LogP contribution in [0.25, 0.3) is 0 Å². The lowest BCUT2D eigenvalue weighted by molar-refractivity contribution is -0.122. The van der Waals surface area contributed by atoms with Gasteiger partial charge in [-0.05, 0) is 107 Å². The molecule has 2 aromatic carbocycles. The standard InChI is InChI=1S/C35H55N9O7/c1-40-34(48)27(11-5-8-18-37)43-31(45)25-21-23(14-16-30(25)51-3)42-35(49)28(12-6-9-19-38)44-32(46)24-20-22(13-15-29(24)50-2)41-33(47)26(39)10-4-7-17-36/h13-16,20-21,26-28H,4-12,17-19,36-39H2,1-3H3,(H,40,48)(H,41,47)(H,42,49)(H,43,45)(H,44,46)/t26-,27-,28-/m0/s1. The van der Waals surface area contributed by atoms with E-state index in [9.17, 15) is 24.0 Å². The second-order valence-corrected chi connectivity index (χ2v) is 11.9. The predicted octanol–water partition coefficient (Wildman–Crippen LogP) is 0.938. The van der Waals surface area contributed by atoms with Crippen molar-refractivity contribution in [2.24, 2.45) is 22.9 Å². The smallest absolute Gasteiger partial charge is 0.255 e. The molecule has 0 heterocycles. The minimum absolute atomic E-state index is 0.0872. The lowest BCUT2D eigenvalue weighted by atomic mass is 10.1. The fourth-order valence-corrected chi connectivity index (χ4v) is 5.20. The second kappa shape index (κ2) is 22.8. The number of unbranched alkanes of at least 4 members (excludes halogenated alkanes) is 3. The molecule has 0 aliphatic rings. The van der Waals surface area contributed by atoms with E-state index >= 15 is 0 Å². The van der Waals surface area contributed by atoms with Gasteiger partial charge in [0.05, 0.1) is 31.4 Å². The monoisotopic (exact) mass is 713 g/mol. The quantitative estimate of drug-likeness (QED) is 0.0732. The summed E-state index contributed by atoms with van der Waals surface area (Å²) in [6, 6.07) is 6.50. The zero-order chi connectivity index (χ0) is 37.8. The van der Waals surface area contributed by atoms with Crippen molar-refractivity contribution < 1.29 is 33.4 Å². The summed E-state index contributed by atoms with van der Waals surface area (Å²) in [7, 11) is 4.28. The molecule has 13 N–H and O–H groups in total. The average Bonchev–Trinajstić information content (AvgIpc) is 3.13. The average molecular weight is 714 g/mol. The number of nitrogens with two attached hydrogens (primary N) is 4. The number of hydrogen-bond donors (Lipinski definition) is 9. The van der Waals surface area contributed by atoms with Gasteiger partial charge in [0.15, 0.2) is 0 Å². The number of amides is 5. The molecule has 0 unspecified atom stereocenters. The fraction of sp³-hybridized carbons (Fsp3) is 0.514. The first-order valence-corrected chi connectivity index (χ1v) is 17.2. The Morgan fingerprint density at radius 2 is 1.02 bits per heavy atom. The van der Waals surface area contributed by atoms with E-state index in [2.05, 4.69) is 26.6 Å². The van der Waals surface area contributed by atoms with E-state index in [1.54, 1.807) is 12.1 Å². The molecule has 0 spiro atoms. The number of hydrogen-bond acceptors (Lipinski definition) is 11. The van der Waals surface area contributed by atoms with E-state index in [4.69, 9.17) is 32.4 Å². The molecule has 16 nitrogen and oxygen atoms in total. The Labute approximate surface area is 299 Å². The first-order valence-electron chi connectivity index (χ1n) is 17.2. The Hall–Kier alpha value is -4.77. The van der Waals surface area contributed by atoms with Crippen molar-refractivity contribution >= 4 is 40.9 Å². The van der Waals surface area contributed by atoms with Gasteiger partial charge in [0.2, 0.25) is 17.7 Å². The summed E-state index contributed by atoms with van der Waals surface area (Å²) in [5.41, 5.74) is 23.6. The third-order valence-corrected chi connectivity index (χ3v) is 8.11. The van der Waals surface area contributed by atoms with Crippen LogP contribution < -0.4 is 59.0 Å². The van der Waals surface area contributed by atoms with Crippen LogP contribution in [0.5, 0.6) is 11.5 Å². The molecule has 3 atom stereocenters. The topological polar surface area (TPSA) is 268 Å². The van der Waals surface area contributed by atoms with Gasteiger partial charge in [0, 0.05) is 18.4 Å². The number of anilines is 2. The van der Waals surface area contributed by atoms with Crippen molar-refractivity contribution in [3.05, 3.63) is 47.5 Å². The molecule has 0 saturated heterocycles. The molecule has 16 heteroatoms. The number of carbonyl (C=O) groups is 5.